The van der Waals surface area contributed by atoms with E-state index in [1.165, 1.54) is 11.8 Å². The molecule has 1 heterocycles. The predicted octanol–water partition coefficient (Wildman–Crippen LogP) is 4.35. The van der Waals surface area contributed by atoms with Gasteiger partial charge in [-0.25, -0.2) is 0 Å². The number of halogens is 2. The molecule has 4 aromatic rings. The Bertz CT molecular complexity index is 1580. The topological polar surface area (TPSA) is 85.6 Å². The first-order chi connectivity index (χ1) is 20.6. The number of aliphatic carboxylic acids is 1. The second kappa shape index (κ2) is 16.7. The summed E-state index contributed by atoms with van der Waals surface area (Å²) in [5.41, 5.74) is 5.07. The fourth-order valence-corrected chi connectivity index (χ4v) is 6.02. The maximum absolute atomic E-state index is 13.4. The minimum atomic E-state index is -1.28. The van der Waals surface area contributed by atoms with Gasteiger partial charge in [0.05, 0.1) is 23.0 Å². The first-order valence-corrected chi connectivity index (χ1v) is 16.6. The Kier molecular flexibility index (Phi) is 13.7. The summed E-state index contributed by atoms with van der Waals surface area (Å²) in [7, 11) is 0. The van der Waals surface area contributed by atoms with Crippen LogP contribution in [0.1, 0.15) is 47.5 Å². The van der Waals surface area contributed by atoms with Crippen LogP contribution >= 0.6 is 39.3 Å². The molecule has 0 aliphatic rings. The molecule has 1 amide bonds. The number of aryl methyl sites for hydroxylation is 1. The van der Waals surface area contributed by atoms with Gasteiger partial charge >= 0.3 is 18.9 Å². The Balaban J connectivity index is 0.00000529. The van der Waals surface area contributed by atoms with Gasteiger partial charge in [-0.3, -0.25) is 9.69 Å². The summed E-state index contributed by atoms with van der Waals surface area (Å²) in [6.07, 6.45) is 2.19. The molecule has 10 heteroatoms. The van der Waals surface area contributed by atoms with Crippen LogP contribution < -0.4 is 29.3 Å². The number of rotatable bonds is 13. The Morgan fingerprint density at radius 3 is 2.36 bits per heavy atom. The summed E-state index contributed by atoms with van der Waals surface area (Å²) in [5.74, 6) is 0.448. The Morgan fingerprint density at radius 2 is 1.73 bits per heavy atom. The maximum atomic E-state index is 13.4. The Hall–Kier alpha value is -2.44. The molecule has 1 aromatic heterocycles. The van der Waals surface area contributed by atoms with Crippen molar-refractivity contribution >= 4 is 51.2 Å². The third-order valence-electron chi connectivity index (χ3n) is 7.28. The smallest absolute Gasteiger partial charge is 0.548 e. The van der Waals surface area contributed by atoms with Gasteiger partial charge < -0.3 is 19.6 Å². The molecular weight excluding hydrogens is 655 g/mol. The zero-order valence-corrected chi connectivity index (χ0v) is 28.8. The number of hydrogen-bond donors (Lipinski definition) is 1. The van der Waals surface area contributed by atoms with Crippen molar-refractivity contribution in [2.75, 3.05) is 12.0 Å². The van der Waals surface area contributed by atoms with E-state index in [9.17, 15) is 14.7 Å². The number of furan rings is 1. The molecule has 6 nitrogen and oxygen atoms in total. The average molecular weight is 690 g/mol. The summed E-state index contributed by atoms with van der Waals surface area (Å²) in [6, 6.07) is 22.3. The number of amides is 1. The summed E-state index contributed by atoms with van der Waals surface area (Å²) in [6.45, 7) is 7.46. The quantitative estimate of drug-likeness (QED) is 0.210. The van der Waals surface area contributed by atoms with Crippen LogP contribution in [0.25, 0.3) is 22.5 Å². The molecule has 1 N–H and O–H groups in total. The standard InChI is InChI=1S/C34H36BrClN2O4S.Li/c1-21(2)38(20-26-18-30(35)32(42-26)24-10-12-25(36)13-11-24)19-23-9-14-28(29(17-23)27-8-6-5-7-22(27)3)33(39)37-31(34(40)41)15-16-43-4;/h5-14,17-18,21,31H,15-16,19-20H2,1-4H3,(H,37,39)(H,40,41);/q;+1/p-1/t31-;/m0./s1. The molecule has 0 saturated heterocycles. The number of carboxylic acids is 1. The van der Waals surface area contributed by atoms with Gasteiger partial charge in [0.25, 0.3) is 5.91 Å². The zero-order chi connectivity index (χ0) is 31.1. The predicted molar refractivity (Wildman–Crippen MR) is 177 cm³/mol. The Labute approximate surface area is 289 Å². The van der Waals surface area contributed by atoms with E-state index in [2.05, 4.69) is 40.0 Å². The van der Waals surface area contributed by atoms with Gasteiger partial charge in [0, 0.05) is 28.7 Å². The van der Waals surface area contributed by atoms with E-state index in [-0.39, 0.29) is 24.9 Å². The monoisotopic (exact) mass is 688 g/mol. The van der Waals surface area contributed by atoms with E-state index in [1.807, 2.05) is 79.9 Å². The molecule has 0 unspecified atom stereocenters. The molecule has 0 radical (unpaired) electrons. The first kappa shape index (κ1) is 36.0. The number of benzene rings is 3. The molecule has 0 aliphatic carbocycles. The maximum Gasteiger partial charge on any atom is 1.00 e. The van der Waals surface area contributed by atoms with Crippen LogP contribution in [0, 0.1) is 6.92 Å². The van der Waals surface area contributed by atoms with Gasteiger partial charge in [-0.2, -0.15) is 11.8 Å². The molecular formula is C34H35BrClLiN2O4S. The summed E-state index contributed by atoms with van der Waals surface area (Å²) in [4.78, 5) is 27.5. The van der Waals surface area contributed by atoms with Crippen LogP contribution in [0.15, 0.2) is 81.7 Å². The van der Waals surface area contributed by atoms with Crippen molar-refractivity contribution < 1.29 is 38.0 Å². The number of carboxylic acid groups (broad SMARTS) is 1. The fourth-order valence-electron chi connectivity index (χ4n) is 4.85. The molecule has 0 aliphatic heterocycles. The van der Waals surface area contributed by atoms with Gasteiger partial charge in [-0.15, -0.1) is 0 Å². The van der Waals surface area contributed by atoms with E-state index in [4.69, 9.17) is 16.0 Å². The van der Waals surface area contributed by atoms with Crippen molar-refractivity contribution in [2.24, 2.45) is 0 Å². The van der Waals surface area contributed by atoms with E-state index >= 15 is 0 Å². The second-order valence-corrected chi connectivity index (χ2v) is 13.0. The first-order valence-electron chi connectivity index (χ1n) is 14.0. The van der Waals surface area contributed by atoms with Crippen molar-refractivity contribution in [3.63, 3.8) is 0 Å². The van der Waals surface area contributed by atoms with Crippen LogP contribution in [0.5, 0.6) is 0 Å². The number of nitrogens with one attached hydrogen (secondary N) is 1. The zero-order valence-electron chi connectivity index (χ0n) is 25.7. The normalized spacial score (nSPS) is 11.8. The number of thioether (sulfide) groups is 1. The summed E-state index contributed by atoms with van der Waals surface area (Å²) >= 11 is 11.2. The van der Waals surface area contributed by atoms with Crippen LogP contribution in [-0.4, -0.2) is 40.9 Å². The Morgan fingerprint density at radius 1 is 1.02 bits per heavy atom. The molecule has 1 atom stereocenters. The van der Waals surface area contributed by atoms with Crippen molar-refractivity contribution in [1.82, 2.24) is 10.2 Å². The molecule has 3 aromatic carbocycles. The van der Waals surface area contributed by atoms with Crippen molar-refractivity contribution in [3.8, 4) is 22.5 Å². The largest absolute Gasteiger partial charge is 1.00 e. The summed E-state index contributed by atoms with van der Waals surface area (Å²) in [5, 5.41) is 15.1. The molecule has 0 bridgehead atoms. The average Bonchev–Trinajstić information content (AvgIpc) is 3.34. The van der Waals surface area contributed by atoms with Gasteiger partial charge in [-0.1, -0.05) is 41.9 Å². The van der Waals surface area contributed by atoms with Gasteiger partial charge in [0.15, 0.2) is 0 Å². The minimum Gasteiger partial charge on any atom is -0.548 e. The number of carbonyl (C=O) groups is 2. The van der Waals surface area contributed by atoms with Crippen LogP contribution in [0.4, 0.5) is 0 Å². The summed E-state index contributed by atoms with van der Waals surface area (Å²) < 4.78 is 7.14. The second-order valence-electron chi connectivity index (χ2n) is 10.7. The number of carbonyl (C=O) groups excluding carboxylic acids is 2. The third-order valence-corrected chi connectivity index (χ3v) is 8.77. The van der Waals surface area contributed by atoms with Crippen LogP contribution in [0.2, 0.25) is 5.02 Å². The molecule has 4 rings (SSSR count). The minimum absolute atomic E-state index is 0. The molecule has 0 saturated carbocycles. The van der Waals surface area contributed by atoms with Crippen LogP contribution in [0.3, 0.4) is 0 Å². The third kappa shape index (κ3) is 9.29. The van der Waals surface area contributed by atoms with E-state index < -0.39 is 17.9 Å². The van der Waals surface area contributed by atoms with Crippen molar-refractivity contribution in [2.45, 2.75) is 52.4 Å². The van der Waals surface area contributed by atoms with E-state index in [0.717, 1.165) is 43.8 Å². The van der Waals surface area contributed by atoms with Gasteiger partial charge in [0.2, 0.25) is 0 Å². The van der Waals surface area contributed by atoms with Gasteiger partial charge in [0.1, 0.15) is 11.5 Å². The fraction of sp³-hybridized carbons (Fsp3) is 0.294. The molecule has 44 heavy (non-hydrogen) atoms. The molecule has 226 valence electrons. The number of nitrogens with zero attached hydrogens (tertiary/aromatic N) is 1. The van der Waals surface area contributed by atoms with E-state index in [1.54, 1.807) is 6.07 Å². The van der Waals surface area contributed by atoms with E-state index in [0.29, 0.717) is 35.8 Å². The molecule has 0 spiro atoms. The van der Waals surface area contributed by atoms with Gasteiger partial charge in [-0.05, 0) is 120 Å². The van der Waals surface area contributed by atoms with Crippen molar-refractivity contribution in [3.05, 3.63) is 105 Å². The van der Waals surface area contributed by atoms with Crippen molar-refractivity contribution in [1.29, 1.82) is 0 Å². The molecule has 0 fully saturated rings. The van der Waals surface area contributed by atoms with Crippen LogP contribution in [-0.2, 0) is 17.9 Å². The number of hydrogen-bond acceptors (Lipinski definition) is 6. The SMILES string of the molecule is CSCC[C@H](NC(=O)c1ccc(CN(Cc2cc(Br)c(-c3ccc(Cl)cc3)o2)C(C)C)cc1-c1ccccc1C)C(=O)[O-].[Li+].